The molecule has 0 aromatic carbocycles. The highest BCUT2D eigenvalue weighted by atomic mass is 32.2. The summed E-state index contributed by atoms with van der Waals surface area (Å²) in [6.07, 6.45) is 3.58. The Hall–Kier alpha value is -0.570. The minimum absolute atomic E-state index is 0.121. The molecule has 0 bridgehead atoms. The first kappa shape index (κ1) is 11.5. The van der Waals surface area contributed by atoms with Crippen molar-refractivity contribution in [1.29, 1.82) is 0 Å². The van der Waals surface area contributed by atoms with E-state index in [9.17, 15) is 8.42 Å². The first-order chi connectivity index (χ1) is 6.46. The Labute approximate surface area is 86.6 Å². The molecule has 0 radical (unpaired) electrons. The van der Waals surface area contributed by atoms with Gasteiger partial charge in [-0.15, -0.1) is 0 Å². The van der Waals surface area contributed by atoms with Gasteiger partial charge in [0.05, 0.1) is 10.2 Å². The zero-order valence-corrected chi connectivity index (χ0v) is 9.89. The fraction of sp³-hybridized carbons (Fsp3) is 0.636. The summed E-state index contributed by atoms with van der Waals surface area (Å²) >= 11 is 0. The highest BCUT2D eigenvalue weighted by Crippen LogP contribution is 2.41. The van der Waals surface area contributed by atoms with Gasteiger partial charge in [-0.2, -0.15) is 0 Å². The van der Waals surface area contributed by atoms with E-state index in [0.717, 1.165) is 18.4 Å². The molecule has 14 heavy (non-hydrogen) atoms. The topological polar surface area (TPSA) is 34.1 Å². The number of allylic oxidation sites excluding steroid dienone is 2. The van der Waals surface area contributed by atoms with E-state index < -0.39 is 9.84 Å². The number of sulfone groups is 1. The van der Waals surface area contributed by atoms with Crippen molar-refractivity contribution in [3.63, 3.8) is 0 Å². The average Bonchev–Trinajstić information content (AvgIpc) is 2.27. The Morgan fingerprint density at radius 3 is 2.43 bits per heavy atom. The van der Waals surface area contributed by atoms with E-state index in [4.69, 9.17) is 0 Å². The molecule has 0 N–H and O–H groups in total. The van der Waals surface area contributed by atoms with Gasteiger partial charge in [-0.1, -0.05) is 26.0 Å². The van der Waals surface area contributed by atoms with Crippen molar-refractivity contribution in [1.82, 2.24) is 0 Å². The standard InChI is InChI=1S/C11H18O2S/c1-5-7-10-8(3)11(6-2)14(12,13)9(10)4/h6,9-10H,3,5,7H2,1-2,4H3/b11-6+. The summed E-state index contributed by atoms with van der Waals surface area (Å²) in [6, 6.07) is 0. The average molecular weight is 214 g/mol. The normalized spacial score (nSPS) is 33.9. The fourth-order valence-corrected chi connectivity index (χ4v) is 4.11. The molecule has 1 heterocycles. The lowest BCUT2D eigenvalue weighted by molar-refractivity contribution is 0.536. The molecule has 1 saturated heterocycles. The van der Waals surface area contributed by atoms with E-state index in [1.165, 1.54) is 0 Å². The maximum atomic E-state index is 11.9. The van der Waals surface area contributed by atoms with E-state index in [1.54, 1.807) is 19.9 Å². The van der Waals surface area contributed by atoms with Gasteiger partial charge < -0.3 is 0 Å². The van der Waals surface area contributed by atoms with Gasteiger partial charge in [-0.25, -0.2) is 8.42 Å². The Morgan fingerprint density at radius 1 is 1.50 bits per heavy atom. The first-order valence-corrected chi connectivity index (χ1v) is 6.60. The lowest BCUT2D eigenvalue weighted by Gasteiger charge is -2.12. The van der Waals surface area contributed by atoms with Crippen LogP contribution in [0.1, 0.15) is 33.6 Å². The molecule has 1 aliphatic heterocycles. The van der Waals surface area contributed by atoms with E-state index in [-0.39, 0.29) is 11.2 Å². The van der Waals surface area contributed by atoms with Crippen molar-refractivity contribution in [2.24, 2.45) is 5.92 Å². The fourth-order valence-electron chi connectivity index (χ4n) is 2.13. The van der Waals surface area contributed by atoms with Gasteiger partial charge in [0.15, 0.2) is 9.84 Å². The quantitative estimate of drug-likeness (QED) is 0.708. The molecule has 0 aromatic rings. The second-order valence-electron chi connectivity index (χ2n) is 3.82. The molecule has 1 aliphatic rings. The predicted octanol–water partition coefficient (Wildman–Crippen LogP) is 2.68. The maximum absolute atomic E-state index is 11.9. The summed E-state index contributed by atoms with van der Waals surface area (Å²) in [6.45, 7) is 9.53. The molecular weight excluding hydrogens is 196 g/mol. The minimum atomic E-state index is -3.07. The van der Waals surface area contributed by atoms with Crippen molar-refractivity contribution in [2.75, 3.05) is 0 Å². The Balaban J connectivity index is 3.15. The third kappa shape index (κ3) is 1.54. The van der Waals surface area contributed by atoms with Crippen LogP contribution < -0.4 is 0 Å². The van der Waals surface area contributed by atoms with Gasteiger partial charge in [-0.3, -0.25) is 0 Å². The van der Waals surface area contributed by atoms with E-state index in [0.29, 0.717) is 4.91 Å². The maximum Gasteiger partial charge on any atom is 0.181 e. The van der Waals surface area contributed by atoms with Gasteiger partial charge in [-0.05, 0) is 25.8 Å². The number of rotatable bonds is 2. The van der Waals surface area contributed by atoms with Crippen LogP contribution in [-0.4, -0.2) is 13.7 Å². The van der Waals surface area contributed by atoms with Crippen molar-refractivity contribution < 1.29 is 8.42 Å². The summed E-state index contributed by atoms with van der Waals surface area (Å²) < 4.78 is 23.8. The predicted molar refractivity (Wildman–Crippen MR) is 59.7 cm³/mol. The molecule has 2 unspecified atom stereocenters. The SMILES string of the molecule is C=C1/C(=C\C)S(=O)(=O)C(C)C1CCC. The largest absolute Gasteiger partial charge is 0.223 e. The van der Waals surface area contributed by atoms with Gasteiger partial charge in [0.2, 0.25) is 0 Å². The Bertz CT molecular complexity index is 363. The molecule has 0 amide bonds. The van der Waals surface area contributed by atoms with Gasteiger partial charge in [0, 0.05) is 5.92 Å². The highest BCUT2D eigenvalue weighted by molar-refractivity contribution is 7.96. The third-order valence-corrected chi connectivity index (χ3v) is 5.41. The first-order valence-electron chi connectivity index (χ1n) is 5.06. The van der Waals surface area contributed by atoms with Crippen LogP contribution in [0.25, 0.3) is 0 Å². The Kier molecular flexibility index (Phi) is 3.20. The summed E-state index contributed by atoms with van der Waals surface area (Å²) in [7, 11) is -3.07. The summed E-state index contributed by atoms with van der Waals surface area (Å²) in [4.78, 5) is 0.462. The molecule has 1 rings (SSSR count). The molecule has 0 aliphatic carbocycles. The molecule has 0 aromatic heterocycles. The van der Waals surface area contributed by atoms with Crippen LogP contribution in [0.5, 0.6) is 0 Å². The van der Waals surface area contributed by atoms with E-state index >= 15 is 0 Å². The van der Waals surface area contributed by atoms with Crippen LogP contribution in [0.2, 0.25) is 0 Å². The summed E-state index contributed by atoms with van der Waals surface area (Å²) in [5.74, 6) is 0.121. The number of hydrogen-bond acceptors (Lipinski definition) is 2. The molecule has 3 heteroatoms. The monoisotopic (exact) mass is 214 g/mol. The lowest BCUT2D eigenvalue weighted by atomic mass is 9.93. The zero-order chi connectivity index (χ0) is 10.9. The lowest BCUT2D eigenvalue weighted by Crippen LogP contribution is -2.17. The molecule has 2 nitrogen and oxygen atoms in total. The van der Waals surface area contributed by atoms with Crippen molar-refractivity contribution >= 4 is 9.84 Å². The molecule has 0 saturated carbocycles. The molecule has 1 fully saturated rings. The van der Waals surface area contributed by atoms with Gasteiger partial charge >= 0.3 is 0 Å². The smallest absolute Gasteiger partial charge is 0.181 e. The van der Waals surface area contributed by atoms with Crippen LogP contribution in [0.3, 0.4) is 0 Å². The second-order valence-corrected chi connectivity index (χ2v) is 6.10. The van der Waals surface area contributed by atoms with Crippen LogP contribution in [-0.2, 0) is 9.84 Å². The van der Waals surface area contributed by atoms with E-state index in [2.05, 4.69) is 13.5 Å². The summed E-state index contributed by atoms with van der Waals surface area (Å²) in [5.41, 5.74) is 0.807. The zero-order valence-electron chi connectivity index (χ0n) is 9.08. The summed E-state index contributed by atoms with van der Waals surface area (Å²) in [5, 5.41) is -0.291. The van der Waals surface area contributed by atoms with E-state index in [1.807, 2.05) is 0 Å². The minimum Gasteiger partial charge on any atom is -0.223 e. The van der Waals surface area contributed by atoms with Crippen LogP contribution >= 0.6 is 0 Å². The molecule has 2 atom stereocenters. The van der Waals surface area contributed by atoms with Gasteiger partial charge in [0.1, 0.15) is 0 Å². The van der Waals surface area contributed by atoms with Crippen molar-refractivity contribution in [3.05, 3.63) is 23.1 Å². The van der Waals surface area contributed by atoms with Gasteiger partial charge in [0.25, 0.3) is 0 Å². The van der Waals surface area contributed by atoms with Crippen LogP contribution in [0, 0.1) is 5.92 Å². The van der Waals surface area contributed by atoms with Crippen molar-refractivity contribution in [3.8, 4) is 0 Å². The third-order valence-electron chi connectivity index (χ3n) is 2.99. The second kappa shape index (κ2) is 3.89. The molecule has 0 spiro atoms. The van der Waals surface area contributed by atoms with Crippen molar-refractivity contribution in [2.45, 2.75) is 38.9 Å². The van der Waals surface area contributed by atoms with Crippen LogP contribution in [0.15, 0.2) is 23.1 Å². The Morgan fingerprint density at radius 2 is 2.07 bits per heavy atom. The van der Waals surface area contributed by atoms with Crippen LogP contribution in [0.4, 0.5) is 0 Å². The highest BCUT2D eigenvalue weighted by Gasteiger charge is 2.42. The molecular formula is C11H18O2S. The molecule has 80 valence electrons. The number of hydrogen-bond donors (Lipinski definition) is 0.